The fourth-order valence-electron chi connectivity index (χ4n) is 1.44. The maximum Gasteiger partial charge on any atom is 0.107 e. The van der Waals surface area contributed by atoms with E-state index in [1.165, 1.54) is 0 Å². The van der Waals surface area contributed by atoms with Crippen LogP contribution in [-0.4, -0.2) is 0 Å². The van der Waals surface area contributed by atoms with Crippen LogP contribution in [0.4, 0.5) is 5.69 Å². The molecule has 0 aliphatic heterocycles. The molecule has 1 heterocycles. The second-order valence-corrected chi connectivity index (χ2v) is 7.62. The third-order valence-electron chi connectivity index (χ3n) is 2.40. The Morgan fingerprint density at radius 1 is 1.17 bits per heavy atom. The minimum absolute atomic E-state index is 0.716. The number of aryl methyl sites for hydroxylation is 1. The Bertz CT molecular complexity index is 564. The van der Waals surface area contributed by atoms with E-state index in [-0.39, 0.29) is 0 Å². The summed E-state index contributed by atoms with van der Waals surface area (Å²) in [6.45, 7) is 2.70. The van der Waals surface area contributed by atoms with Gasteiger partial charge in [-0.3, -0.25) is 0 Å². The van der Waals surface area contributed by atoms with E-state index in [1.807, 2.05) is 25.1 Å². The van der Waals surface area contributed by atoms with Crippen molar-refractivity contribution in [1.29, 1.82) is 0 Å². The lowest BCUT2D eigenvalue weighted by Crippen LogP contribution is -1.98. The van der Waals surface area contributed by atoms with E-state index in [0.29, 0.717) is 6.54 Å². The van der Waals surface area contributed by atoms with Gasteiger partial charge in [0.15, 0.2) is 0 Å². The van der Waals surface area contributed by atoms with Crippen LogP contribution in [0.25, 0.3) is 0 Å². The number of halogens is 4. The minimum atomic E-state index is 0.716. The summed E-state index contributed by atoms with van der Waals surface area (Å²) in [6.07, 6.45) is 0. The smallest absolute Gasteiger partial charge is 0.107 e. The number of rotatable bonds is 3. The number of benzene rings is 1. The van der Waals surface area contributed by atoms with Gasteiger partial charge in [-0.2, -0.15) is 0 Å². The van der Waals surface area contributed by atoms with Crippen LogP contribution in [0.5, 0.6) is 0 Å². The van der Waals surface area contributed by atoms with Crippen molar-refractivity contribution in [2.45, 2.75) is 13.5 Å². The van der Waals surface area contributed by atoms with Crippen molar-refractivity contribution in [1.82, 2.24) is 0 Å². The molecule has 1 aromatic carbocycles. The molecule has 1 aromatic heterocycles. The predicted octanol–water partition coefficient (Wildman–Crippen LogP) is 6.50. The van der Waals surface area contributed by atoms with E-state index in [9.17, 15) is 0 Å². The Labute approximate surface area is 137 Å². The fourth-order valence-corrected chi connectivity index (χ4v) is 3.93. The molecule has 0 bridgehead atoms. The van der Waals surface area contributed by atoms with E-state index < -0.39 is 0 Å². The third-order valence-corrected chi connectivity index (χ3v) is 5.94. The van der Waals surface area contributed by atoms with Crippen molar-refractivity contribution in [2.75, 3.05) is 5.32 Å². The van der Waals surface area contributed by atoms with Gasteiger partial charge in [-0.15, -0.1) is 11.3 Å². The van der Waals surface area contributed by atoms with Gasteiger partial charge in [-0.05, 0) is 62.5 Å². The summed E-state index contributed by atoms with van der Waals surface area (Å²) in [5.74, 6) is 0. The van der Waals surface area contributed by atoms with Gasteiger partial charge in [0.1, 0.15) is 4.34 Å². The summed E-state index contributed by atoms with van der Waals surface area (Å²) in [5, 5.41) is 4.09. The molecule has 1 nitrogen and oxygen atoms in total. The van der Waals surface area contributed by atoms with Crippen LogP contribution >= 0.6 is 66.4 Å². The Hall–Kier alpha value is 0.260. The summed E-state index contributed by atoms with van der Waals surface area (Å²) >= 11 is 20.6. The van der Waals surface area contributed by atoms with E-state index in [1.54, 1.807) is 11.3 Å². The van der Waals surface area contributed by atoms with Gasteiger partial charge < -0.3 is 5.32 Å². The molecule has 2 aromatic rings. The van der Waals surface area contributed by atoms with Gasteiger partial charge in [-0.1, -0.05) is 23.2 Å². The Morgan fingerprint density at radius 2 is 1.89 bits per heavy atom. The summed E-state index contributed by atoms with van der Waals surface area (Å²) < 4.78 is 2.71. The lowest BCUT2D eigenvalue weighted by molar-refractivity contribution is 1.18. The zero-order valence-corrected chi connectivity index (χ0v) is 14.9. The maximum atomic E-state index is 6.11. The van der Waals surface area contributed by atoms with Crippen LogP contribution in [0, 0.1) is 6.92 Å². The first-order valence-corrected chi connectivity index (χ1v) is 8.26. The number of hydrogen-bond acceptors (Lipinski definition) is 2. The van der Waals surface area contributed by atoms with Crippen LogP contribution in [0.2, 0.25) is 9.36 Å². The second kappa shape index (κ2) is 6.14. The van der Waals surface area contributed by atoms with Crippen molar-refractivity contribution < 1.29 is 0 Å². The second-order valence-electron chi connectivity index (χ2n) is 3.77. The van der Waals surface area contributed by atoms with E-state index >= 15 is 0 Å². The van der Waals surface area contributed by atoms with Crippen LogP contribution in [0.15, 0.2) is 27.1 Å². The molecule has 0 aliphatic rings. The van der Waals surface area contributed by atoms with Crippen molar-refractivity contribution in [3.63, 3.8) is 0 Å². The molecule has 0 aliphatic carbocycles. The average molecular weight is 430 g/mol. The van der Waals surface area contributed by atoms with Crippen molar-refractivity contribution >= 4 is 72.1 Å². The molecule has 96 valence electrons. The van der Waals surface area contributed by atoms with Gasteiger partial charge >= 0.3 is 0 Å². The molecule has 0 fully saturated rings. The van der Waals surface area contributed by atoms with E-state index in [4.69, 9.17) is 23.2 Å². The van der Waals surface area contributed by atoms with Gasteiger partial charge in [-0.25, -0.2) is 0 Å². The standard InChI is InChI=1S/C12H9Br2Cl2NS/c1-6-2-8(13)11(4-10(6)15)17-5-7-3-9(14)12(16)18-7/h2-4,17H,5H2,1H3. The highest BCUT2D eigenvalue weighted by atomic mass is 79.9. The van der Waals surface area contributed by atoms with Gasteiger partial charge in [0, 0.05) is 25.4 Å². The molecule has 0 saturated heterocycles. The number of hydrogen-bond donors (Lipinski definition) is 1. The highest BCUT2D eigenvalue weighted by molar-refractivity contribution is 9.11. The number of nitrogens with one attached hydrogen (secondary N) is 1. The van der Waals surface area contributed by atoms with Crippen LogP contribution in [0.3, 0.4) is 0 Å². The average Bonchev–Trinajstić information content (AvgIpc) is 2.62. The van der Waals surface area contributed by atoms with Crippen molar-refractivity contribution in [2.24, 2.45) is 0 Å². The Morgan fingerprint density at radius 3 is 2.50 bits per heavy atom. The largest absolute Gasteiger partial charge is 0.379 e. The fraction of sp³-hybridized carbons (Fsp3) is 0.167. The zero-order chi connectivity index (χ0) is 13.3. The topological polar surface area (TPSA) is 12.0 Å². The molecule has 2 rings (SSSR count). The molecule has 0 unspecified atom stereocenters. The lowest BCUT2D eigenvalue weighted by atomic mass is 10.2. The third kappa shape index (κ3) is 3.42. The van der Waals surface area contributed by atoms with Gasteiger partial charge in [0.2, 0.25) is 0 Å². The molecule has 0 radical (unpaired) electrons. The molecule has 0 spiro atoms. The number of anilines is 1. The summed E-state index contributed by atoms with van der Waals surface area (Å²) in [4.78, 5) is 1.16. The highest BCUT2D eigenvalue weighted by Crippen LogP contribution is 2.33. The maximum absolute atomic E-state index is 6.11. The zero-order valence-electron chi connectivity index (χ0n) is 9.36. The Kier molecular flexibility index (Phi) is 5.00. The molecule has 0 saturated carbocycles. The highest BCUT2D eigenvalue weighted by Gasteiger charge is 2.07. The molecule has 0 amide bonds. The lowest BCUT2D eigenvalue weighted by Gasteiger charge is -2.09. The summed E-state index contributed by atoms with van der Waals surface area (Å²) in [7, 11) is 0. The van der Waals surface area contributed by atoms with Crippen molar-refractivity contribution in [3.05, 3.63) is 46.9 Å². The first-order chi connectivity index (χ1) is 8.47. The Balaban J connectivity index is 2.13. The van der Waals surface area contributed by atoms with Gasteiger partial charge in [0.25, 0.3) is 0 Å². The van der Waals surface area contributed by atoms with Crippen LogP contribution in [-0.2, 0) is 6.54 Å². The molecular formula is C12H9Br2Cl2NS. The van der Waals surface area contributed by atoms with Gasteiger partial charge in [0.05, 0.1) is 5.69 Å². The van der Waals surface area contributed by atoms with E-state index in [0.717, 1.165) is 34.4 Å². The normalized spacial score (nSPS) is 10.7. The molecule has 18 heavy (non-hydrogen) atoms. The predicted molar refractivity (Wildman–Crippen MR) is 88.2 cm³/mol. The summed E-state index contributed by atoms with van der Waals surface area (Å²) in [6, 6.07) is 5.94. The molecule has 1 N–H and O–H groups in total. The van der Waals surface area contributed by atoms with Crippen LogP contribution in [0.1, 0.15) is 10.4 Å². The van der Waals surface area contributed by atoms with Crippen molar-refractivity contribution in [3.8, 4) is 0 Å². The quantitative estimate of drug-likeness (QED) is 0.587. The monoisotopic (exact) mass is 427 g/mol. The SMILES string of the molecule is Cc1cc(Br)c(NCc2cc(Br)c(Cl)s2)cc1Cl. The molecule has 6 heteroatoms. The number of thiophene rings is 1. The first-order valence-electron chi connectivity index (χ1n) is 5.10. The summed E-state index contributed by atoms with van der Waals surface area (Å²) in [5.41, 5.74) is 2.03. The molecular weight excluding hydrogens is 421 g/mol. The molecule has 0 atom stereocenters. The first kappa shape index (κ1) is 14.7. The van der Waals surface area contributed by atoms with E-state index in [2.05, 4.69) is 37.2 Å². The minimum Gasteiger partial charge on any atom is -0.379 e. The van der Waals surface area contributed by atoms with Crippen LogP contribution < -0.4 is 5.32 Å².